The summed E-state index contributed by atoms with van der Waals surface area (Å²) < 4.78 is 6.04. The zero-order chi connectivity index (χ0) is 25.6. The molecule has 2 aliphatic heterocycles. The lowest BCUT2D eigenvalue weighted by Crippen LogP contribution is -2.55. The van der Waals surface area contributed by atoms with Crippen molar-refractivity contribution in [3.63, 3.8) is 0 Å². The minimum absolute atomic E-state index is 0.0495. The largest absolute Gasteiger partial charge is 0.448 e. The molecule has 3 aliphatic rings. The van der Waals surface area contributed by atoms with E-state index in [4.69, 9.17) is 4.74 Å². The molecule has 0 N–H and O–H groups in total. The van der Waals surface area contributed by atoms with Crippen LogP contribution in [0.3, 0.4) is 0 Å². The van der Waals surface area contributed by atoms with Gasteiger partial charge in [0.25, 0.3) is 0 Å². The van der Waals surface area contributed by atoms with Crippen LogP contribution in [-0.2, 0) is 4.74 Å². The Bertz CT molecular complexity index is 1490. The van der Waals surface area contributed by atoms with Gasteiger partial charge in [-0.25, -0.2) is 4.79 Å². The SMILES string of the molecule is O=C(c1ccc2cnccc2c1)C1CC2CCCC(C1)N2C(=O)OCC1c2ccccc2-c2ccccc21. The maximum Gasteiger partial charge on any atom is 0.410 e. The maximum atomic E-state index is 13.5. The Kier molecular flexibility index (Phi) is 5.72. The van der Waals surface area contributed by atoms with Crippen LogP contribution in [0, 0.1) is 5.92 Å². The van der Waals surface area contributed by atoms with Crippen molar-refractivity contribution in [2.24, 2.45) is 5.92 Å². The van der Waals surface area contributed by atoms with E-state index in [2.05, 4.69) is 53.5 Å². The number of carbonyl (C=O) groups excluding carboxylic acids is 2. The predicted octanol–water partition coefficient (Wildman–Crippen LogP) is 7.00. The number of pyridine rings is 1. The first kappa shape index (κ1) is 23.2. The summed E-state index contributed by atoms with van der Waals surface area (Å²) in [7, 11) is 0. The highest BCUT2D eigenvalue weighted by atomic mass is 16.6. The molecule has 2 fully saturated rings. The smallest absolute Gasteiger partial charge is 0.410 e. The summed E-state index contributed by atoms with van der Waals surface area (Å²) in [5, 5.41) is 2.06. The fraction of sp³-hybridized carbons (Fsp3) is 0.303. The summed E-state index contributed by atoms with van der Waals surface area (Å²) in [4.78, 5) is 33.2. The molecule has 1 amide bonds. The number of hydrogen-bond acceptors (Lipinski definition) is 4. The van der Waals surface area contributed by atoms with Crippen LogP contribution in [0.2, 0.25) is 0 Å². The number of aromatic nitrogens is 1. The summed E-state index contributed by atoms with van der Waals surface area (Å²) in [5.41, 5.74) is 5.64. The van der Waals surface area contributed by atoms with Gasteiger partial charge in [-0.05, 0) is 71.9 Å². The van der Waals surface area contributed by atoms with Gasteiger partial charge >= 0.3 is 6.09 Å². The molecule has 3 heterocycles. The second-order valence-corrected chi connectivity index (χ2v) is 10.9. The van der Waals surface area contributed by atoms with Gasteiger partial charge in [0, 0.05) is 47.3 Å². The van der Waals surface area contributed by atoms with E-state index in [1.165, 1.54) is 22.3 Å². The van der Waals surface area contributed by atoms with E-state index < -0.39 is 0 Å². The zero-order valence-electron chi connectivity index (χ0n) is 21.3. The Hall–Kier alpha value is -3.99. The molecule has 2 atom stereocenters. The number of nitrogens with zero attached hydrogens (tertiary/aromatic N) is 2. The molecule has 5 heteroatoms. The van der Waals surface area contributed by atoms with E-state index in [9.17, 15) is 9.59 Å². The summed E-state index contributed by atoms with van der Waals surface area (Å²) in [6.45, 7) is 0.330. The number of fused-ring (bicyclic) bond motifs is 6. The number of piperidine rings is 2. The molecule has 3 aromatic carbocycles. The van der Waals surface area contributed by atoms with E-state index in [0.29, 0.717) is 19.4 Å². The molecular formula is C33H30N2O3. The number of rotatable bonds is 4. The monoisotopic (exact) mass is 502 g/mol. The average Bonchev–Trinajstić information content (AvgIpc) is 3.28. The minimum Gasteiger partial charge on any atom is -0.448 e. The van der Waals surface area contributed by atoms with Gasteiger partial charge in [-0.1, -0.05) is 60.7 Å². The van der Waals surface area contributed by atoms with E-state index in [0.717, 1.165) is 35.6 Å². The zero-order valence-corrected chi connectivity index (χ0v) is 21.3. The molecule has 1 aliphatic carbocycles. The van der Waals surface area contributed by atoms with Crippen LogP contribution < -0.4 is 0 Å². The molecule has 190 valence electrons. The van der Waals surface area contributed by atoms with Crippen LogP contribution >= 0.6 is 0 Å². The number of benzene rings is 3. The molecule has 2 unspecified atom stereocenters. The molecule has 7 rings (SSSR count). The third-order valence-electron chi connectivity index (χ3n) is 8.82. The van der Waals surface area contributed by atoms with Crippen LogP contribution in [0.15, 0.2) is 85.2 Å². The fourth-order valence-electron chi connectivity index (χ4n) is 7.03. The summed E-state index contributed by atoms with van der Waals surface area (Å²) in [6.07, 6.45) is 7.69. The molecule has 1 aromatic heterocycles. The molecule has 0 spiro atoms. The highest BCUT2D eigenvalue weighted by molar-refractivity contribution is 6.01. The van der Waals surface area contributed by atoms with Crippen molar-refractivity contribution in [3.8, 4) is 11.1 Å². The van der Waals surface area contributed by atoms with Crippen LogP contribution in [0.5, 0.6) is 0 Å². The van der Waals surface area contributed by atoms with Crippen molar-refractivity contribution in [3.05, 3.63) is 102 Å². The maximum absolute atomic E-state index is 13.5. The minimum atomic E-state index is -0.231. The first-order valence-electron chi connectivity index (χ1n) is 13.7. The predicted molar refractivity (Wildman–Crippen MR) is 147 cm³/mol. The second-order valence-electron chi connectivity index (χ2n) is 10.9. The molecule has 2 saturated heterocycles. The van der Waals surface area contributed by atoms with Crippen LogP contribution in [0.4, 0.5) is 4.79 Å². The van der Waals surface area contributed by atoms with Crippen LogP contribution in [-0.4, -0.2) is 40.5 Å². The standard InChI is InChI=1S/C33H30N2O3/c36-32(22-12-13-23-19-34-15-14-21(23)16-22)24-17-25-6-5-7-26(18-24)35(25)33(37)38-20-31-29-10-3-1-8-27(29)28-9-2-4-11-30(28)31/h1-4,8-16,19,24-26,31H,5-7,17-18,20H2. The van der Waals surface area contributed by atoms with E-state index >= 15 is 0 Å². The van der Waals surface area contributed by atoms with Crippen molar-refractivity contribution in [1.82, 2.24) is 9.88 Å². The first-order valence-corrected chi connectivity index (χ1v) is 13.7. The topological polar surface area (TPSA) is 59.5 Å². The van der Waals surface area contributed by atoms with Gasteiger partial charge in [-0.15, -0.1) is 0 Å². The normalized spacial score (nSPS) is 22.1. The Balaban J connectivity index is 1.07. The van der Waals surface area contributed by atoms with Gasteiger partial charge in [-0.3, -0.25) is 9.78 Å². The van der Waals surface area contributed by atoms with E-state index in [1.54, 1.807) is 6.20 Å². The van der Waals surface area contributed by atoms with E-state index in [1.807, 2.05) is 35.4 Å². The fourth-order valence-corrected chi connectivity index (χ4v) is 7.03. The molecule has 2 bridgehead atoms. The number of ether oxygens (including phenoxy) is 1. The van der Waals surface area contributed by atoms with E-state index in [-0.39, 0.29) is 35.8 Å². The summed E-state index contributed by atoms with van der Waals surface area (Å²) in [5.74, 6) is 0.170. The number of Topliss-reactive ketones (excluding diaryl/α,β-unsaturated/α-hetero) is 1. The lowest BCUT2D eigenvalue weighted by molar-refractivity contribution is 0.00651. The summed E-state index contributed by atoms with van der Waals surface area (Å²) >= 11 is 0. The van der Waals surface area contributed by atoms with Crippen LogP contribution in [0.25, 0.3) is 21.9 Å². The second kappa shape index (κ2) is 9.39. The van der Waals surface area contributed by atoms with Crippen LogP contribution in [0.1, 0.15) is 59.5 Å². The number of hydrogen-bond donors (Lipinski definition) is 0. The Morgan fingerprint density at radius 1 is 0.842 bits per heavy atom. The third kappa shape index (κ3) is 3.89. The van der Waals surface area contributed by atoms with Gasteiger partial charge in [-0.2, -0.15) is 0 Å². The highest BCUT2D eigenvalue weighted by Crippen LogP contribution is 2.45. The average molecular weight is 503 g/mol. The number of carbonyl (C=O) groups is 2. The van der Waals surface area contributed by atoms with Gasteiger partial charge < -0.3 is 9.64 Å². The van der Waals surface area contributed by atoms with Gasteiger partial charge in [0.15, 0.2) is 5.78 Å². The molecule has 4 aromatic rings. The molecular weight excluding hydrogens is 472 g/mol. The Morgan fingerprint density at radius 2 is 1.53 bits per heavy atom. The van der Waals surface area contributed by atoms with Crippen molar-refractivity contribution in [1.29, 1.82) is 0 Å². The highest BCUT2D eigenvalue weighted by Gasteiger charge is 2.44. The van der Waals surface area contributed by atoms with Crippen molar-refractivity contribution < 1.29 is 14.3 Å². The first-order chi connectivity index (χ1) is 18.7. The number of amides is 1. The van der Waals surface area contributed by atoms with Crippen molar-refractivity contribution in [2.75, 3.05) is 6.61 Å². The molecule has 38 heavy (non-hydrogen) atoms. The Labute approximate surface area is 222 Å². The Morgan fingerprint density at radius 3 is 2.24 bits per heavy atom. The van der Waals surface area contributed by atoms with Gasteiger partial charge in [0.05, 0.1) is 0 Å². The molecule has 0 radical (unpaired) electrons. The molecule has 0 saturated carbocycles. The lowest BCUT2D eigenvalue weighted by atomic mass is 9.75. The van der Waals surface area contributed by atoms with Crippen molar-refractivity contribution in [2.45, 2.75) is 50.1 Å². The van der Waals surface area contributed by atoms with Crippen molar-refractivity contribution >= 4 is 22.6 Å². The quantitative estimate of drug-likeness (QED) is 0.282. The molecule has 5 nitrogen and oxygen atoms in total. The summed E-state index contributed by atoms with van der Waals surface area (Å²) in [6, 6.07) is 24.7. The van der Waals surface area contributed by atoms with Gasteiger partial charge in [0.2, 0.25) is 0 Å². The lowest BCUT2D eigenvalue weighted by Gasteiger charge is -2.47. The number of ketones is 1. The third-order valence-corrected chi connectivity index (χ3v) is 8.82. The van der Waals surface area contributed by atoms with Gasteiger partial charge in [0.1, 0.15) is 6.61 Å².